The number of carbonyl (C=O) groups is 2. The van der Waals surface area contributed by atoms with E-state index in [-0.39, 0.29) is 11.8 Å². The standard InChI is InChI=1S/C13H14N2O2S/c1-3-8-14-11(16)13(2)12(17)15-9-6-4-5-7-10(9)18-13/h3-7H,1,8H2,2H3,(H,14,16)(H,15,17)/t13-/m1/s1. The highest BCUT2D eigenvalue weighted by Crippen LogP contribution is 2.42. The van der Waals surface area contributed by atoms with Crippen molar-refractivity contribution in [2.45, 2.75) is 16.6 Å². The second kappa shape index (κ2) is 4.86. The van der Waals surface area contributed by atoms with Gasteiger partial charge in [-0.25, -0.2) is 0 Å². The zero-order valence-corrected chi connectivity index (χ0v) is 10.8. The Morgan fingerprint density at radius 2 is 2.28 bits per heavy atom. The average Bonchev–Trinajstić information content (AvgIpc) is 2.37. The molecule has 1 atom stereocenters. The molecule has 0 spiro atoms. The van der Waals surface area contributed by atoms with Crippen molar-refractivity contribution >= 4 is 29.3 Å². The fourth-order valence-corrected chi connectivity index (χ4v) is 2.77. The zero-order valence-electron chi connectivity index (χ0n) is 10.0. The summed E-state index contributed by atoms with van der Waals surface area (Å²) in [6.07, 6.45) is 1.58. The molecule has 94 valence electrons. The van der Waals surface area contributed by atoms with E-state index < -0.39 is 4.75 Å². The highest BCUT2D eigenvalue weighted by atomic mass is 32.2. The molecule has 2 rings (SSSR count). The van der Waals surface area contributed by atoms with Gasteiger partial charge in [-0.15, -0.1) is 6.58 Å². The van der Waals surface area contributed by atoms with E-state index in [1.807, 2.05) is 24.3 Å². The Balaban J connectivity index is 2.27. The van der Waals surface area contributed by atoms with E-state index in [0.717, 1.165) is 10.6 Å². The summed E-state index contributed by atoms with van der Waals surface area (Å²) < 4.78 is -1.14. The summed E-state index contributed by atoms with van der Waals surface area (Å²) in [7, 11) is 0. The molecule has 4 nitrogen and oxygen atoms in total. The number of nitrogens with one attached hydrogen (secondary N) is 2. The van der Waals surface area contributed by atoms with Gasteiger partial charge in [-0.1, -0.05) is 30.0 Å². The fraction of sp³-hybridized carbons (Fsp3) is 0.231. The van der Waals surface area contributed by atoms with Gasteiger partial charge in [-0.3, -0.25) is 9.59 Å². The molecule has 0 bridgehead atoms. The smallest absolute Gasteiger partial charge is 0.250 e. The predicted octanol–water partition coefficient (Wildman–Crippen LogP) is 1.79. The van der Waals surface area contributed by atoms with E-state index >= 15 is 0 Å². The molecular weight excluding hydrogens is 248 g/mol. The molecule has 18 heavy (non-hydrogen) atoms. The fourth-order valence-electron chi connectivity index (χ4n) is 1.65. The normalized spacial score (nSPS) is 21.7. The zero-order chi connectivity index (χ0) is 13.2. The van der Waals surface area contributed by atoms with E-state index in [2.05, 4.69) is 17.2 Å². The van der Waals surface area contributed by atoms with E-state index in [0.29, 0.717) is 6.54 Å². The number of thioether (sulfide) groups is 1. The maximum absolute atomic E-state index is 12.1. The van der Waals surface area contributed by atoms with Crippen molar-refractivity contribution < 1.29 is 9.59 Å². The monoisotopic (exact) mass is 262 g/mol. The van der Waals surface area contributed by atoms with Crippen LogP contribution in [0.3, 0.4) is 0 Å². The number of fused-ring (bicyclic) bond motifs is 1. The number of hydrogen-bond donors (Lipinski definition) is 2. The highest BCUT2D eigenvalue weighted by Gasteiger charge is 2.45. The molecular formula is C13H14N2O2S. The Morgan fingerprint density at radius 1 is 1.56 bits per heavy atom. The van der Waals surface area contributed by atoms with Crippen LogP contribution in [0.15, 0.2) is 41.8 Å². The largest absolute Gasteiger partial charge is 0.351 e. The minimum atomic E-state index is -1.14. The van der Waals surface area contributed by atoms with Crippen LogP contribution in [0.5, 0.6) is 0 Å². The minimum Gasteiger partial charge on any atom is -0.351 e. The summed E-state index contributed by atoms with van der Waals surface area (Å²) >= 11 is 1.27. The maximum atomic E-state index is 12.1. The van der Waals surface area contributed by atoms with Crippen LogP contribution in [0, 0.1) is 0 Å². The van der Waals surface area contributed by atoms with Crippen LogP contribution in [0.4, 0.5) is 5.69 Å². The maximum Gasteiger partial charge on any atom is 0.250 e. The van der Waals surface area contributed by atoms with Gasteiger partial charge < -0.3 is 10.6 Å². The summed E-state index contributed by atoms with van der Waals surface area (Å²) in [4.78, 5) is 25.0. The van der Waals surface area contributed by atoms with Crippen molar-refractivity contribution in [1.29, 1.82) is 0 Å². The molecule has 0 unspecified atom stereocenters. The third kappa shape index (κ3) is 2.13. The molecule has 1 heterocycles. The lowest BCUT2D eigenvalue weighted by Gasteiger charge is -2.31. The number of rotatable bonds is 3. The van der Waals surface area contributed by atoms with Crippen molar-refractivity contribution in [2.75, 3.05) is 11.9 Å². The summed E-state index contributed by atoms with van der Waals surface area (Å²) in [5, 5.41) is 5.43. The van der Waals surface area contributed by atoms with Gasteiger partial charge in [0.1, 0.15) is 0 Å². The summed E-state index contributed by atoms with van der Waals surface area (Å²) in [6, 6.07) is 7.44. The number of anilines is 1. The molecule has 2 N–H and O–H groups in total. The molecule has 1 aliphatic heterocycles. The Kier molecular flexibility index (Phi) is 3.43. The number of carbonyl (C=O) groups excluding carboxylic acids is 2. The molecule has 0 aliphatic carbocycles. The van der Waals surface area contributed by atoms with Gasteiger partial charge in [-0.2, -0.15) is 0 Å². The van der Waals surface area contributed by atoms with Crippen LogP contribution < -0.4 is 10.6 Å². The van der Waals surface area contributed by atoms with Gasteiger partial charge in [0.2, 0.25) is 11.8 Å². The molecule has 0 saturated heterocycles. The molecule has 0 fully saturated rings. The molecule has 2 amide bonds. The van der Waals surface area contributed by atoms with E-state index in [4.69, 9.17) is 0 Å². The van der Waals surface area contributed by atoms with Crippen LogP contribution in [0.25, 0.3) is 0 Å². The van der Waals surface area contributed by atoms with E-state index in [1.165, 1.54) is 11.8 Å². The summed E-state index contributed by atoms with van der Waals surface area (Å²) in [5.74, 6) is -0.604. The average molecular weight is 262 g/mol. The van der Waals surface area contributed by atoms with Gasteiger partial charge >= 0.3 is 0 Å². The van der Waals surface area contributed by atoms with Crippen LogP contribution in [-0.4, -0.2) is 23.1 Å². The molecule has 0 saturated carbocycles. The van der Waals surface area contributed by atoms with E-state index in [1.54, 1.807) is 13.0 Å². The van der Waals surface area contributed by atoms with Gasteiger partial charge in [0, 0.05) is 11.4 Å². The Labute approximate surface area is 110 Å². The van der Waals surface area contributed by atoms with Crippen molar-refractivity contribution in [3.8, 4) is 0 Å². The quantitative estimate of drug-likeness (QED) is 0.645. The lowest BCUT2D eigenvalue weighted by molar-refractivity contribution is -0.129. The highest BCUT2D eigenvalue weighted by molar-refractivity contribution is 8.02. The summed E-state index contributed by atoms with van der Waals surface area (Å²) in [5.41, 5.74) is 0.751. The third-order valence-electron chi connectivity index (χ3n) is 2.72. The van der Waals surface area contributed by atoms with Crippen LogP contribution >= 0.6 is 11.8 Å². The van der Waals surface area contributed by atoms with Crippen molar-refractivity contribution in [1.82, 2.24) is 5.32 Å². The SMILES string of the molecule is C=CCNC(=O)[C@@]1(C)Sc2ccccc2NC1=O. The van der Waals surface area contributed by atoms with Crippen LogP contribution in [0.2, 0.25) is 0 Å². The topological polar surface area (TPSA) is 58.2 Å². The molecule has 1 aliphatic rings. The third-order valence-corrected chi connectivity index (χ3v) is 4.08. The Bertz CT molecular complexity index is 515. The van der Waals surface area contributed by atoms with Crippen molar-refractivity contribution in [3.63, 3.8) is 0 Å². The van der Waals surface area contributed by atoms with E-state index in [9.17, 15) is 9.59 Å². The second-order valence-electron chi connectivity index (χ2n) is 4.08. The lowest BCUT2D eigenvalue weighted by atomic mass is 10.1. The van der Waals surface area contributed by atoms with Gasteiger partial charge in [0.05, 0.1) is 5.69 Å². The number of benzene rings is 1. The van der Waals surface area contributed by atoms with Crippen LogP contribution in [0.1, 0.15) is 6.92 Å². The lowest BCUT2D eigenvalue weighted by Crippen LogP contribution is -2.52. The predicted molar refractivity (Wildman–Crippen MR) is 72.5 cm³/mol. The van der Waals surface area contributed by atoms with Gasteiger partial charge in [0.15, 0.2) is 4.75 Å². The molecule has 0 radical (unpaired) electrons. The van der Waals surface area contributed by atoms with Crippen LogP contribution in [-0.2, 0) is 9.59 Å². The Hall–Kier alpha value is -1.75. The first kappa shape index (κ1) is 12.7. The van der Waals surface area contributed by atoms with Gasteiger partial charge in [-0.05, 0) is 19.1 Å². The second-order valence-corrected chi connectivity index (χ2v) is 5.54. The first-order valence-corrected chi connectivity index (χ1v) is 6.38. The molecule has 1 aromatic rings. The number of hydrogen-bond acceptors (Lipinski definition) is 3. The minimum absolute atomic E-state index is 0.298. The molecule has 1 aromatic carbocycles. The van der Waals surface area contributed by atoms with Crippen molar-refractivity contribution in [2.24, 2.45) is 0 Å². The molecule has 5 heteroatoms. The van der Waals surface area contributed by atoms with Gasteiger partial charge in [0.25, 0.3) is 0 Å². The first-order valence-electron chi connectivity index (χ1n) is 5.56. The molecule has 0 aromatic heterocycles. The number of amides is 2. The van der Waals surface area contributed by atoms with Crippen molar-refractivity contribution in [3.05, 3.63) is 36.9 Å². The first-order chi connectivity index (χ1) is 8.58. The summed E-state index contributed by atoms with van der Waals surface area (Å²) in [6.45, 7) is 5.51. The Morgan fingerprint density at radius 3 is 3.00 bits per heavy atom. The number of para-hydroxylation sites is 1.